The third-order valence-electron chi connectivity index (χ3n) is 4.65. The predicted octanol–water partition coefficient (Wildman–Crippen LogP) is 0.456. The Morgan fingerprint density at radius 2 is 2.23 bits per heavy atom. The van der Waals surface area contributed by atoms with Crippen molar-refractivity contribution in [3.63, 3.8) is 0 Å². The summed E-state index contributed by atoms with van der Waals surface area (Å²) in [6.07, 6.45) is 1.17. The number of ether oxygens (including phenoxy) is 3. The molecule has 3 rings (SSSR count). The number of hydrogen-bond acceptors (Lipinski definition) is 9. The fourth-order valence-electron chi connectivity index (χ4n) is 3.27. The Hall–Kier alpha value is -3.12. The lowest BCUT2D eigenvalue weighted by molar-refractivity contribution is -0.0223. The summed E-state index contributed by atoms with van der Waals surface area (Å²) < 4.78 is 19.2. The van der Waals surface area contributed by atoms with Crippen molar-refractivity contribution in [2.24, 2.45) is 0 Å². The summed E-state index contributed by atoms with van der Waals surface area (Å²) in [5.74, 6) is -0.0550. The van der Waals surface area contributed by atoms with Crippen LogP contribution in [-0.2, 0) is 16.0 Å². The van der Waals surface area contributed by atoms with E-state index in [1.807, 2.05) is 0 Å². The van der Waals surface area contributed by atoms with Crippen LogP contribution in [0.2, 0.25) is 0 Å². The molecule has 0 unspecified atom stereocenters. The number of hydrogen-bond donors (Lipinski definition) is 2. The van der Waals surface area contributed by atoms with Gasteiger partial charge in [0, 0.05) is 13.6 Å². The second-order valence-electron chi connectivity index (χ2n) is 6.75. The minimum absolute atomic E-state index is 0.0445. The molecule has 30 heavy (non-hydrogen) atoms. The summed E-state index contributed by atoms with van der Waals surface area (Å²) in [7, 11) is 1.50. The third kappa shape index (κ3) is 4.09. The minimum Gasteiger partial charge on any atom is -0.454 e. The maximum absolute atomic E-state index is 13.1. The molecule has 1 aliphatic rings. The second kappa shape index (κ2) is 9.13. The van der Waals surface area contributed by atoms with Crippen molar-refractivity contribution < 1.29 is 24.1 Å². The normalized spacial score (nSPS) is 18.5. The van der Waals surface area contributed by atoms with Gasteiger partial charge in [-0.25, -0.2) is 14.2 Å². The summed E-state index contributed by atoms with van der Waals surface area (Å²) in [6.45, 7) is 5.48. The van der Waals surface area contributed by atoms with Gasteiger partial charge in [0.25, 0.3) is 0 Å². The van der Waals surface area contributed by atoms with Gasteiger partial charge < -0.3 is 25.1 Å². The predicted molar refractivity (Wildman–Crippen MR) is 107 cm³/mol. The zero-order valence-corrected chi connectivity index (χ0v) is 17.0. The molecular weight excluding hydrogens is 396 g/mol. The third-order valence-corrected chi connectivity index (χ3v) is 4.65. The molecule has 0 bridgehead atoms. The minimum atomic E-state index is -0.604. The Bertz CT molecular complexity index is 986. The van der Waals surface area contributed by atoms with Crippen molar-refractivity contribution in [1.29, 1.82) is 0 Å². The van der Waals surface area contributed by atoms with E-state index in [1.54, 1.807) is 13.0 Å². The summed E-state index contributed by atoms with van der Waals surface area (Å²) in [5, 5.41) is 9.36. The summed E-state index contributed by atoms with van der Waals surface area (Å²) in [6, 6.07) is 0. The Morgan fingerprint density at radius 3 is 2.87 bits per heavy atom. The molecule has 0 aromatic carbocycles. The van der Waals surface area contributed by atoms with E-state index in [0.717, 1.165) is 0 Å². The zero-order chi connectivity index (χ0) is 21.8. The van der Waals surface area contributed by atoms with Gasteiger partial charge in [-0.1, -0.05) is 6.08 Å². The first-order valence-corrected chi connectivity index (χ1v) is 9.57. The van der Waals surface area contributed by atoms with E-state index < -0.39 is 18.0 Å². The number of aromatic nitrogens is 4. The van der Waals surface area contributed by atoms with Gasteiger partial charge in [0.2, 0.25) is 11.8 Å². The van der Waals surface area contributed by atoms with Crippen LogP contribution < -0.4 is 16.2 Å². The maximum atomic E-state index is 13.1. The summed E-state index contributed by atoms with van der Waals surface area (Å²) >= 11 is 0. The lowest BCUT2D eigenvalue weighted by Gasteiger charge is -2.17. The number of rotatable bonds is 8. The largest absolute Gasteiger partial charge is 0.454 e. The fourth-order valence-corrected chi connectivity index (χ4v) is 3.27. The van der Waals surface area contributed by atoms with E-state index in [0.29, 0.717) is 18.4 Å². The van der Waals surface area contributed by atoms with Crippen molar-refractivity contribution in [3.05, 3.63) is 23.1 Å². The molecule has 0 radical (unpaired) electrons. The number of nitrogen functional groups attached to an aromatic ring is 1. The van der Waals surface area contributed by atoms with Crippen molar-refractivity contribution in [2.45, 2.75) is 38.6 Å². The highest BCUT2D eigenvalue weighted by molar-refractivity contribution is 5.79. The first-order valence-electron chi connectivity index (χ1n) is 9.57. The lowest BCUT2D eigenvalue weighted by atomic mass is 10.2. The molecule has 0 aliphatic carbocycles. The number of imidazole rings is 1. The first kappa shape index (κ1) is 21.6. The van der Waals surface area contributed by atoms with Crippen LogP contribution in [0, 0.1) is 0 Å². The highest BCUT2D eigenvalue weighted by atomic mass is 16.6. The van der Waals surface area contributed by atoms with Crippen LogP contribution in [-0.4, -0.2) is 68.3 Å². The average molecular weight is 422 g/mol. The average Bonchev–Trinajstić information content (AvgIpc) is 3.29. The molecule has 2 aromatic heterocycles. The standard InChI is InChI=1S/C18H26N6O6/c1-4-8-23-13-14(24(17(23)26)12-7-6-11(9-25)30-12)20-16(19)21-15(13)29-10-22(3)18(27)28-5-2/h4,11-12,25H,1,5-10H2,2-3H3,(H2,19,20,21)/t11-,12+/m0/s1. The number of aliphatic hydroxyl groups excluding tert-OH is 1. The Balaban J connectivity index is 2.04. The SMILES string of the molecule is C=CCn1c(=O)n([C@H]2CC[C@@H](CO)O2)c2nc(N)nc(OCN(C)C(=O)OCC)c21. The number of nitrogens with two attached hydrogens (primary N) is 1. The van der Waals surface area contributed by atoms with E-state index in [-0.39, 0.29) is 50.1 Å². The number of allylic oxidation sites excluding steroid dienone is 1. The highest BCUT2D eigenvalue weighted by Gasteiger charge is 2.31. The number of nitrogens with zero attached hydrogens (tertiary/aromatic N) is 5. The van der Waals surface area contributed by atoms with Crippen LogP contribution in [0.25, 0.3) is 11.2 Å². The van der Waals surface area contributed by atoms with Gasteiger partial charge in [0.05, 0.1) is 19.3 Å². The quantitative estimate of drug-likeness (QED) is 0.457. The molecule has 12 heteroatoms. The highest BCUT2D eigenvalue weighted by Crippen LogP contribution is 2.31. The van der Waals surface area contributed by atoms with Crippen LogP contribution in [0.3, 0.4) is 0 Å². The fraction of sp³-hybridized carbons (Fsp3) is 0.556. The van der Waals surface area contributed by atoms with Gasteiger partial charge >= 0.3 is 11.8 Å². The van der Waals surface area contributed by atoms with E-state index in [2.05, 4.69) is 16.5 Å². The second-order valence-corrected chi connectivity index (χ2v) is 6.75. The topological polar surface area (TPSA) is 147 Å². The number of fused-ring (bicyclic) bond motifs is 1. The molecule has 2 aromatic rings. The number of carbonyl (C=O) groups is 1. The van der Waals surface area contributed by atoms with Crippen LogP contribution in [0.15, 0.2) is 17.4 Å². The Labute approximate surface area is 172 Å². The Morgan fingerprint density at radius 1 is 1.47 bits per heavy atom. The van der Waals surface area contributed by atoms with Crippen LogP contribution in [0.4, 0.5) is 10.7 Å². The van der Waals surface area contributed by atoms with Crippen LogP contribution in [0.1, 0.15) is 26.0 Å². The summed E-state index contributed by atoms with van der Waals surface area (Å²) in [5.41, 5.74) is 6.02. The van der Waals surface area contributed by atoms with E-state index in [1.165, 1.54) is 21.1 Å². The molecule has 3 N–H and O–H groups in total. The first-order chi connectivity index (χ1) is 14.4. The van der Waals surface area contributed by atoms with E-state index in [4.69, 9.17) is 19.9 Å². The van der Waals surface area contributed by atoms with E-state index in [9.17, 15) is 14.7 Å². The van der Waals surface area contributed by atoms with Crippen LogP contribution in [0.5, 0.6) is 5.88 Å². The number of carbonyl (C=O) groups excluding carboxylic acids is 1. The lowest BCUT2D eigenvalue weighted by Crippen LogP contribution is -2.31. The van der Waals surface area contributed by atoms with Crippen LogP contribution >= 0.6 is 0 Å². The monoisotopic (exact) mass is 422 g/mol. The number of anilines is 1. The van der Waals surface area contributed by atoms with Gasteiger partial charge in [0.1, 0.15) is 6.23 Å². The smallest absolute Gasteiger partial charge is 0.412 e. The maximum Gasteiger partial charge on any atom is 0.412 e. The van der Waals surface area contributed by atoms with Gasteiger partial charge in [-0.15, -0.1) is 6.58 Å². The van der Waals surface area contributed by atoms with Crippen molar-refractivity contribution in [2.75, 3.05) is 32.7 Å². The van der Waals surface area contributed by atoms with Crippen molar-refractivity contribution in [3.8, 4) is 5.88 Å². The van der Waals surface area contributed by atoms with Crippen molar-refractivity contribution >= 4 is 23.2 Å². The molecule has 3 heterocycles. The molecule has 1 amide bonds. The number of amides is 1. The van der Waals surface area contributed by atoms with Gasteiger partial charge in [0.15, 0.2) is 17.9 Å². The molecule has 2 atom stereocenters. The molecule has 164 valence electrons. The molecule has 0 saturated carbocycles. The van der Waals surface area contributed by atoms with Gasteiger partial charge in [-0.05, 0) is 19.8 Å². The molecule has 0 spiro atoms. The molecule has 1 saturated heterocycles. The molecular formula is C18H26N6O6. The molecule has 1 aliphatic heterocycles. The molecule has 12 nitrogen and oxygen atoms in total. The van der Waals surface area contributed by atoms with Gasteiger partial charge in [-0.2, -0.15) is 9.97 Å². The Kier molecular flexibility index (Phi) is 6.57. The number of aliphatic hydroxyl groups is 1. The van der Waals surface area contributed by atoms with E-state index >= 15 is 0 Å². The van der Waals surface area contributed by atoms with Crippen molar-refractivity contribution in [1.82, 2.24) is 24.0 Å². The van der Waals surface area contributed by atoms with Gasteiger partial charge in [-0.3, -0.25) is 9.47 Å². The zero-order valence-electron chi connectivity index (χ0n) is 17.0. The summed E-state index contributed by atoms with van der Waals surface area (Å²) in [4.78, 5) is 34.5. The molecule has 1 fully saturated rings.